The molecule has 0 aliphatic carbocycles. The van der Waals surface area contributed by atoms with Crippen LogP contribution >= 0.6 is 0 Å². The fraction of sp³-hybridized carbons (Fsp3) is 0.300. The van der Waals surface area contributed by atoms with E-state index in [4.69, 9.17) is 4.74 Å². The first-order valence-electron chi connectivity index (χ1n) is 9.46. The van der Waals surface area contributed by atoms with Gasteiger partial charge in [0.05, 0.1) is 23.5 Å². The summed E-state index contributed by atoms with van der Waals surface area (Å²) in [6.07, 6.45) is 0. The van der Waals surface area contributed by atoms with Crippen molar-refractivity contribution in [3.63, 3.8) is 0 Å². The molecule has 0 fully saturated rings. The van der Waals surface area contributed by atoms with Crippen LogP contribution in [0, 0.1) is 10.1 Å². The van der Waals surface area contributed by atoms with Crippen molar-refractivity contribution in [1.29, 1.82) is 0 Å². The second-order valence-electron chi connectivity index (χ2n) is 7.01. The van der Waals surface area contributed by atoms with Crippen molar-refractivity contribution in [3.05, 3.63) is 58.1 Å². The Hall–Kier alpha value is -3.51. The smallest absolute Gasteiger partial charge is 0.311 e. The molecular formula is C20H24N4O7S. The molecule has 2 N–H and O–H groups in total. The van der Waals surface area contributed by atoms with Crippen molar-refractivity contribution in [2.45, 2.75) is 24.8 Å². The largest absolute Gasteiger partial charge is 0.490 e. The highest BCUT2D eigenvalue weighted by Gasteiger charge is 2.23. The van der Waals surface area contributed by atoms with Crippen molar-refractivity contribution in [2.75, 3.05) is 26.0 Å². The number of rotatable bonds is 9. The van der Waals surface area contributed by atoms with Crippen LogP contribution in [0.2, 0.25) is 0 Å². The number of hydrogen-bond acceptors (Lipinski definition) is 7. The van der Waals surface area contributed by atoms with Gasteiger partial charge in [0.1, 0.15) is 0 Å². The fourth-order valence-electron chi connectivity index (χ4n) is 2.60. The zero-order chi connectivity index (χ0) is 24.1. The van der Waals surface area contributed by atoms with E-state index in [0.29, 0.717) is 5.69 Å². The summed E-state index contributed by atoms with van der Waals surface area (Å²) in [7, 11) is -0.887. The normalized spacial score (nSPS) is 11.3. The summed E-state index contributed by atoms with van der Waals surface area (Å²) in [5.41, 5.74) is -0.0348. The first-order chi connectivity index (χ1) is 15.0. The number of nitro benzene ring substituents is 1. The lowest BCUT2D eigenvalue weighted by Crippen LogP contribution is -2.33. The molecule has 0 radical (unpaired) electrons. The van der Waals surface area contributed by atoms with Crippen molar-refractivity contribution < 1.29 is 27.7 Å². The van der Waals surface area contributed by atoms with E-state index in [0.717, 1.165) is 6.07 Å². The summed E-state index contributed by atoms with van der Waals surface area (Å²) in [5.74, 6) is -1.23. The van der Waals surface area contributed by atoms with Crippen molar-refractivity contribution in [2.24, 2.45) is 0 Å². The van der Waals surface area contributed by atoms with Crippen LogP contribution in [0.15, 0.2) is 47.4 Å². The second kappa shape index (κ2) is 10.2. The molecule has 11 nitrogen and oxygen atoms in total. The molecule has 32 heavy (non-hydrogen) atoms. The molecule has 2 aromatic rings. The monoisotopic (exact) mass is 464 g/mol. The molecule has 2 amide bonds. The number of anilines is 1. The third kappa shape index (κ3) is 5.80. The van der Waals surface area contributed by atoms with Gasteiger partial charge in [-0.2, -0.15) is 4.31 Å². The number of hydrogen-bond donors (Lipinski definition) is 2. The Morgan fingerprint density at radius 2 is 1.78 bits per heavy atom. The van der Waals surface area contributed by atoms with E-state index in [1.165, 1.54) is 54.9 Å². The molecule has 0 spiro atoms. The van der Waals surface area contributed by atoms with Gasteiger partial charge in [-0.15, -0.1) is 0 Å². The minimum absolute atomic E-state index is 0.00543. The van der Waals surface area contributed by atoms with Crippen LogP contribution < -0.4 is 15.4 Å². The van der Waals surface area contributed by atoms with Gasteiger partial charge >= 0.3 is 5.69 Å². The molecule has 0 saturated heterocycles. The fourth-order valence-corrected chi connectivity index (χ4v) is 3.96. The quantitative estimate of drug-likeness (QED) is 0.426. The number of carbonyl (C=O) groups excluding carboxylic acids is 2. The van der Waals surface area contributed by atoms with Crippen LogP contribution in [0.5, 0.6) is 5.75 Å². The van der Waals surface area contributed by atoms with Gasteiger partial charge < -0.3 is 15.4 Å². The van der Waals surface area contributed by atoms with Gasteiger partial charge in [-0.3, -0.25) is 19.7 Å². The summed E-state index contributed by atoms with van der Waals surface area (Å²) in [6, 6.07) is 9.10. The van der Waals surface area contributed by atoms with Gasteiger partial charge in [0.25, 0.3) is 5.91 Å². The molecule has 0 aliphatic heterocycles. The van der Waals surface area contributed by atoms with E-state index in [1.807, 2.05) is 0 Å². The van der Waals surface area contributed by atoms with Gasteiger partial charge in [0.15, 0.2) is 5.75 Å². The SMILES string of the molecule is COc1ccc(C(=O)NCC(=O)Nc2ccc(S(=O)(=O)N(C)C(C)C)cc2)cc1[N+](=O)[O-]. The molecule has 0 saturated carbocycles. The molecule has 2 aromatic carbocycles. The summed E-state index contributed by atoms with van der Waals surface area (Å²) in [4.78, 5) is 34.8. The topological polar surface area (TPSA) is 148 Å². The average molecular weight is 465 g/mol. The molecule has 0 aromatic heterocycles. The summed E-state index contributed by atoms with van der Waals surface area (Å²) in [5, 5.41) is 16.0. The Bertz CT molecular complexity index is 1120. The molecule has 2 rings (SSSR count). The van der Waals surface area contributed by atoms with E-state index < -0.39 is 33.3 Å². The zero-order valence-corrected chi connectivity index (χ0v) is 18.8. The van der Waals surface area contributed by atoms with Crippen molar-refractivity contribution >= 4 is 33.2 Å². The number of nitro groups is 1. The van der Waals surface area contributed by atoms with Crippen molar-refractivity contribution in [3.8, 4) is 5.75 Å². The summed E-state index contributed by atoms with van der Waals surface area (Å²) >= 11 is 0. The zero-order valence-electron chi connectivity index (χ0n) is 18.0. The molecule has 0 unspecified atom stereocenters. The van der Waals surface area contributed by atoms with Gasteiger partial charge in [0, 0.05) is 30.4 Å². The first-order valence-corrected chi connectivity index (χ1v) is 10.9. The average Bonchev–Trinajstić information content (AvgIpc) is 2.76. The third-order valence-electron chi connectivity index (χ3n) is 4.59. The number of amides is 2. The Kier molecular flexibility index (Phi) is 7.89. The van der Waals surface area contributed by atoms with Crippen molar-refractivity contribution in [1.82, 2.24) is 9.62 Å². The number of methoxy groups -OCH3 is 1. The van der Waals surface area contributed by atoms with Crippen LogP contribution in [0.4, 0.5) is 11.4 Å². The van der Waals surface area contributed by atoms with Gasteiger partial charge in [-0.05, 0) is 50.2 Å². The van der Waals surface area contributed by atoms with Gasteiger partial charge in [-0.1, -0.05) is 0 Å². The highest BCUT2D eigenvalue weighted by atomic mass is 32.2. The molecule has 0 heterocycles. The van der Waals surface area contributed by atoms with Crippen LogP contribution in [0.1, 0.15) is 24.2 Å². The minimum atomic E-state index is -3.64. The highest BCUT2D eigenvalue weighted by molar-refractivity contribution is 7.89. The maximum absolute atomic E-state index is 12.5. The lowest BCUT2D eigenvalue weighted by molar-refractivity contribution is -0.385. The lowest BCUT2D eigenvalue weighted by Gasteiger charge is -2.21. The lowest BCUT2D eigenvalue weighted by atomic mass is 10.1. The molecule has 0 atom stereocenters. The van der Waals surface area contributed by atoms with E-state index >= 15 is 0 Å². The van der Waals surface area contributed by atoms with Crippen LogP contribution in [0.25, 0.3) is 0 Å². The molecule has 12 heteroatoms. The highest BCUT2D eigenvalue weighted by Crippen LogP contribution is 2.27. The molecule has 0 aliphatic rings. The summed E-state index contributed by atoms with van der Waals surface area (Å²) in [6.45, 7) is 3.12. The number of sulfonamides is 1. The number of carbonyl (C=O) groups is 2. The molecule has 172 valence electrons. The second-order valence-corrected chi connectivity index (χ2v) is 9.01. The Morgan fingerprint density at radius 3 is 2.31 bits per heavy atom. The third-order valence-corrected chi connectivity index (χ3v) is 6.64. The summed E-state index contributed by atoms with van der Waals surface area (Å²) < 4.78 is 31.1. The van der Waals surface area contributed by atoms with E-state index in [9.17, 15) is 28.1 Å². The number of ether oxygens (including phenoxy) is 1. The first kappa shape index (κ1) is 24.8. The predicted molar refractivity (Wildman–Crippen MR) is 117 cm³/mol. The number of nitrogens with one attached hydrogen (secondary N) is 2. The minimum Gasteiger partial charge on any atom is -0.490 e. The standard InChI is InChI=1S/C20H24N4O7S/c1-13(2)23(3)32(29,30)16-8-6-15(7-9-16)22-19(25)12-21-20(26)14-5-10-18(31-4)17(11-14)24(27)28/h5-11,13H,12H2,1-4H3,(H,21,26)(H,22,25). The van der Waals surface area contributed by atoms with Crippen LogP contribution in [-0.4, -0.2) is 56.2 Å². The maximum atomic E-state index is 12.5. The van der Waals surface area contributed by atoms with Crippen LogP contribution in [-0.2, 0) is 14.8 Å². The number of nitrogens with zero attached hydrogens (tertiary/aromatic N) is 2. The number of benzene rings is 2. The van der Waals surface area contributed by atoms with Gasteiger partial charge in [0.2, 0.25) is 15.9 Å². The Labute approximate surface area is 185 Å². The maximum Gasteiger partial charge on any atom is 0.311 e. The van der Waals surface area contributed by atoms with E-state index in [-0.39, 0.29) is 27.9 Å². The Balaban J connectivity index is 1.99. The molecular weight excluding hydrogens is 440 g/mol. The predicted octanol–water partition coefficient (Wildman–Crippen LogP) is 2.00. The Morgan fingerprint density at radius 1 is 1.16 bits per heavy atom. The molecule has 0 bridgehead atoms. The van der Waals surface area contributed by atoms with E-state index in [1.54, 1.807) is 13.8 Å². The van der Waals surface area contributed by atoms with E-state index in [2.05, 4.69) is 10.6 Å². The van der Waals surface area contributed by atoms with Crippen LogP contribution in [0.3, 0.4) is 0 Å². The van der Waals surface area contributed by atoms with Gasteiger partial charge in [-0.25, -0.2) is 8.42 Å².